The summed E-state index contributed by atoms with van der Waals surface area (Å²) < 4.78 is 5.09. The summed E-state index contributed by atoms with van der Waals surface area (Å²) in [5, 5.41) is 13.4. The highest BCUT2D eigenvalue weighted by Crippen LogP contribution is 2.36. The quantitative estimate of drug-likeness (QED) is 0.633. The van der Waals surface area contributed by atoms with Gasteiger partial charge in [-0.25, -0.2) is 0 Å². The van der Waals surface area contributed by atoms with Gasteiger partial charge in [0, 0.05) is 6.04 Å². The number of nitrogens with one attached hydrogen (secondary N) is 1. The Morgan fingerprint density at radius 3 is 2.75 bits per heavy atom. The molecule has 0 unspecified atom stereocenters. The Labute approximate surface area is 151 Å². The molecule has 0 atom stereocenters. The molecule has 1 aromatic carbocycles. The van der Waals surface area contributed by atoms with Crippen molar-refractivity contribution in [3.63, 3.8) is 0 Å². The van der Waals surface area contributed by atoms with Crippen LogP contribution in [0.5, 0.6) is 11.5 Å². The Kier molecular flexibility index (Phi) is 4.96. The molecule has 2 N–H and O–H groups in total. The third kappa shape index (κ3) is 3.21. The van der Waals surface area contributed by atoms with Gasteiger partial charge in [-0.15, -0.1) is 0 Å². The molecule has 0 spiro atoms. The number of aromatic hydroxyl groups is 1. The summed E-state index contributed by atoms with van der Waals surface area (Å²) >= 11 is 11.3. The Morgan fingerprint density at radius 1 is 1.38 bits per heavy atom. The Balaban J connectivity index is 1.87. The molecule has 2 fully saturated rings. The number of nitrogens with zero attached hydrogens (tertiary/aromatic N) is 1. The van der Waals surface area contributed by atoms with Gasteiger partial charge in [-0.1, -0.05) is 30.9 Å². The highest BCUT2D eigenvalue weighted by atomic mass is 35.5. The normalized spacial score (nSPS) is 20.6. The average Bonchev–Trinajstić information content (AvgIpc) is 2.85. The van der Waals surface area contributed by atoms with Crippen molar-refractivity contribution in [2.24, 2.45) is 0 Å². The summed E-state index contributed by atoms with van der Waals surface area (Å²) in [6, 6.07) is 3.37. The number of thiocarbonyl (C=S) groups is 1. The number of rotatable bonds is 3. The number of phenols is 1. The molecular weight excluding hydrogens is 348 g/mol. The van der Waals surface area contributed by atoms with Gasteiger partial charge in [-0.2, -0.15) is 0 Å². The van der Waals surface area contributed by atoms with Crippen molar-refractivity contribution < 1.29 is 14.6 Å². The number of hydrogen-bond donors (Lipinski definition) is 2. The van der Waals surface area contributed by atoms with E-state index in [2.05, 4.69) is 5.32 Å². The van der Waals surface area contributed by atoms with Gasteiger partial charge >= 0.3 is 0 Å². The van der Waals surface area contributed by atoms with Crippen LogP contribution in [0.3, 0.4) is 0 Å². The Bertz CT molecular complexity index is 714. The first kappa shape index (κ1) is 17.0. The first-order valence-corrected chi connectivity index (χ1v) is 8.72. The van der Waals surface area contributed by atoms with Crippen molar-refractivity contribution >= 4 is 40.9 Å². The van der Waals surface area contributed by atoms with Crippen molar-refractivity contribution in [1.29, 1.82) is 0 Å². The maximum Gasteiger partial charge on any atom is 0.276 e. The molecule has 3 rings (SSSR count). The van der Waals surface area contributed by atoms with Crippen LogP contribution in [-0.2, 0) is 4.79 Å². The van der Waals surface area contributed by atoms with Gasteiger partial charge in [0.15, 0.2) is 16.6 Å². The maximum absolute atomic E-state index is 12.7. The molecule has 1 saturated carbocycles. The molecule has 2 aliphatic rings. The minimum atomic E-state index is -0.119. The van der Waals surface area contributed by atoms with E-state index >= 15 is 0 Å². The summed E-state index contributed by atoms with van der Waals surface area (Å²) in [7, 11) is 1.45. The molecule has 7 heteroatoms. The summed E-state index contributed by atoms with van der Waals surface area (Å²) in [5.74, 6) is 0.0213. The second-order valence-electron chi connectivity index (χ2n) is 6.01. The Morgan fingerprint density at radius 2 is 2.08 bits per heavy atom. The maximum atomic E-state index is 12.7. The number of benzene rings is 1. The zero-order valence-electron chi connectivity index (χ0n) is 13.3. The number of methoxy groups -OCH3 is 1. The number of hydrogen-bond acceptors (Lipinski definition) is 4. The fraction of sp³-hybridized carbons (Fsp3) is 0.412. The van der Waals surface area contributed by atoms with Crippen LogP contribution in [0.4, 0.5) is 0 Å². The van der Waals surface area contributed by atoms with Crippen molar-refractivity contribution in [2.45, 2.75) is 38.1 Å². The van der Waals surface area contributed by atoms with Crippen LogP contribution in [-0.4, -0.2) is 34.2 Å². The average molecular weight is 367 g/mol. The van der Waals surface area contributed by atoms with Crippen LogP contribution in [0.25, 0.3) is 6.08 Å². The molecule has 5 nitrogen and oxygen atoms in total. The van der Waals surface area contributed by atoms with Gasteiger partial charge in [-0.3, -0.25) is 9.69 Å². The molecule has 1 saturated heterocycles. The monoisotopic (exact) mass is 366 g/mol. The number of halogens is 1. The second-order valence-corrected chi connectivity index (χ2v) is 6.80. The molecule has 1 aliphatic carbocycles. The van der Waals surface area contributed by atoms with Crippen LogP contribution < -0.4 is 10.1 Å². The van der Waals surface area contributed by atoms with Crippen LogP contribution in [0.15, 0.2) is 17.8 Å². The van der Waals surface area contributed by atoms with E-state index in [-0.39, 0.29) is 28.5 Å². The minimum absolute atomic E-state index is 0.116. The third-order valence-corrected chi connectivity index (χ3v) is 5.02. The van der Waals surface area contributed by atoms with E-state index in [4.69, 9.17) is 28.6 Å². The van der Waals surface area contributed by atoms with E-state index in [0.29, 0.717) is 16.4 Å². The summed E-state index contributed by atoms with van der Waals surface area (Å²) in [4.78, 5) is 14.4. The minimum Gasteiger partial charge on any atom is -0.503 e. The van der Waals surface area contributed by atoms with E-state index in [1.54, 1.807) is 23.1 Å². The van der Waals surface area contributed by atoms with Crippen molar-refractivity contribution in [3.05, 3.63) is 28.4 Å². The highest BCUT2D eigenvalue weighted by Gasteiger charge is 2.36. The number of phenolic OH excluding ortho intramolecular Hbond substituents is 1. The first-order chi connectivity index (χ1) is 11.5. The summed E-state index contributed by atoms with van der Waals surface area (Å²) in [5.41, 5.74) is 1.06. The highest BCUT2D eigenvalue weighted by molar-refractivity contribution is 7.80. The molecule has 0 aromatic heterocycles. The molecule has 0 bridgehead atoms. The second kappa shape index (κ2) is 6.99. The van der Waals surface area contributed by atoms with Gasteiger partial charge in [0.1, 0.15) is 5.70 Å². The van der Waals surface area contributed by atoms with E-state index < -0.39 is 0 Å². The van der Waals surface area contributed by atoms with E-state index in [0.717, 1.165) is 25.7 Å². The van der Waals surface area contributed by atoms with Crippen LogP contribution in [0.2, 0.25) is 5.02 Å². The fourth-order valence-electron chi connectivity index (χ4n) is 3.22. The predicted molar refractivity (Wildman–Crippen MR) is 97.1 cm³/mol. The third-order valence-electron chi connectivity index (χ3n) is 4.43. The first-order valence-electron chi connectivity index (χ1n) is 7.94. The van der Waals surface area contributed by atoms with Crippen molar-refractivity contribution in [3.8, 4) is 11.5 Å². The SMILES string of the molecule is COc1cc(/C=C2\NC(=S)N(C3CCCCC3)C2=O)cc(Cl)c1O. The van der Waals surface area contributed by atoms with Gasteiger partial charge < -0.3 is 15.2 Å². The number of ether oxygens (including phenoxy) is 1. The lowest BCUT2D eigenvalue weighted by molar-refractivity contribution is -0.124. The molecule has 1 heterocycles. The van der Waals surface area contributed by atoms with Gasteiger partial charge in [0.05, 0.1) is 12.1 Å². The van der Waals surface area contributed by atoms with E-state index in [1.807, 2.05) is 0 Å². The van der Waals surface area contributed by atoms with Gasteiger partial charge in [0.2, 0.25) is 0 Å². The van der Waals surface area contributed by atoms with Crippen LogP contribution >= 0.6 is 23.8 Å². The summed E-state index contributed by atoms with van der Waals surface area (Å²) in [6.45, 7) is 0. The number of carbonyl (C=O) groups is 1. The molecule has 1 aromatic rings. The van der Waals surface area contributed by atoms with Crippen molar-refractivity contribution in [2.75, 3.05) is 7.11 Å². The molecule has 1 amide bonds. The zero-order valence-corrected chi connectivity index (χ0v) is 14.9. The number of amides is 1. The molecule has 0 radical (unpaired) electrons. The summed E-state index contributed by atoms with van der Waals surface area (Å²) in [6.07, 6.45) is 7.11. The Hall–Kier alpha value is -1.79. The fourth-order valence-corrected chi connectivity index (χ4v) is 3.78. The smallest absolute Gasteiger partial charge is 0.276 e. The largest absolute Gasteiger partial charge is 0.503 e. The zero-order chi connectivity index (χ0) is 17.3. The van der Waals surface area contributed by atoms with Crippen molar-refractivity contribution in [1.82, 2.24) is 10.2 Å². The number of carbonyl (C=O) groups excluding carboxylic acids is 1. The van der Waals surface area contributed by atoms with E-state index in [9.17, 15) is 9.90 Å². The van der Waals surface area contributed by atoms with Crippen LogP contribution in [0, 0.1) is 0 Å². The topological polar surface area (TPSA) is 61.8 Å². The van der Waals surface area contributed by atoms with Gasteiger partial charge in [-0.05, 0) is 48.8 Å². The van der Waals surface area contributed by atoms with Gasteiger partial charge in [0.25, 0.3) is 5.91 Å². The van der Waals surface area contributed by atoms with E-state index in [1.165, 1.54) is 13.5 Å². The molecule has 128 valence electrons. The van der Waals surface area contributed by atoms with Crippen LogP contribution in [0.1, 0.15) is 37.7 Å². The lowest BCUT2D eigenvalue weighted by Gasteiger charge is -2.29. The molecular formula is C17H19ClN2O3S. The lowest BCUT2D eigenvalue weighted by atomic mass is 9.94. The molecule has 24 heavy (non-hydrogen) atoms. The standard InChI is InChI=1S/C17H19ClN2O3S/c1-23-14-9-10(7-12(18)15(14)21)8-13-16(22)20(17(24)19-13)11-5-3-2-4-6-11/h7-9,11,21H,2-6H2,1H3,(H,19,24)/b13-8-. The lowest BCUT2D eigenvalue weighted by Crippen LogP contribution is -2.41. The predicted octanol–water partition coefficient (Wildman–Crippen LogP) is 3.44. The molecule has 1 aliphatic heterocycles.